The van der Waals surface area contributed by atoms with Crippen LogP contribution in [0.4, 0.5) is 5.82 Å². The number of aryl methyl sites for hydroxylation is 1. The number of anilines is 1. The fourth-order valence-corrected chi connectivity index (χ4v) is 1.77. The van der Waals surface area contributed by atoms with Gasteiger partial charge in [0.15, 0.2) is 0 Å². The maximum absolute atomic E-state index is 11.4. The summed E-state index contributed by atoms with van der Waals surface area (Å²) in [6.45, 7) is 8.35. The number of aromatic amines is 1. The van der Waals surface area contributed by atoms with Crippen LogP contribution < -0.4 is 10.9 Å². The molecule has 4 nitrogen and oxygen atoms in total. The van der Waals surface area contributed by atoms with Gasteiger partial charge in [-0.2, -0.15) is 0 Å². The van der Waals surface area contributed by atoms with Gasteiger partial charge in [-0.05, 0) is 20.3 Å². The summed E-state index contributed by atoms with van der Waals surface area (Å²) < 4.78 is 0. The molecule has 0 amide bonds. The molecule has 0 saturated heterocycles. The highest BCUT2D eigenvalue weighted by molar-refractivity contribution is 5.36. The van der Waals surface area contributed by atoms with E-state index in [1.165, 1.54) is 6.07 Å². The second kappa shape index (κ2) is 5.14. The Morgan fingerprint density at radius 3 is 2.69 bits per heavy atom. The van der Waals surface area contributed by atoms with Crippen LogP contribution in [0.5, 0.6) is 0 Å². The van der Waals surface area contributed by atoms with Gasteiger partial charge in [0.1, 0.15) is 11.6 Å². The molecule has 2 N–H and O–H groups in total. The molecular formula is C12H21N3O. The lowest BCUT2D eigenvalue weighted by molar-refractivity contribution is 0.508. The summed E-state index contributed by atoms with van der Waals surface area (Å²) in [6.07, 6.45) is 2.88. The Labute approximate surface area is 96.5 Å². The Kier molecular flexibility index (Phi) is 4.10. The fraction of sp³-hybridized carbons (Fsp3) is 0.667. The summed E-state index contributed by atoms with van der Waals surface area (Å²) >= 11 is 0. The van der Waals surface area contributed by atoms with Gasteiger partial charge in [-0.1, -0.05) is 20.3 Å². The third-order valence-electron chi connectivity index (χ3n) is 2.47. The molecule has 0 atom stereocenters. The standard InChI is InChI=1S/C12H21N3O/c1-5-7-12(3,4)15-10-8-11(16)14-9(6-2)13-10/h8H,5-7H2,1-4H3,(H2,13,14,15,16). The van der Waals surface area contributed by atoms with Crippen molar-refractivity contribution >= 4 is 5.82 Å². The van der Waals surface area contributed by atoms with Crippen molar-refractivity contribution in [1.29, 1.82) is 0 Å². The fourth-order valence-electron chi connectivity index (χ4n) is 1.77. The average Bonchev–Trinajstić information content (AvgIpc) is 2.15. The van der Waals surface area contributed by atoms with Crippen LogP contribution in [0.2, 0.25) is 0 Å². The second-order valence-corrected chi connectivity index (χ2v) is 4.69. The van der Waals surface area contributed by atoms with Gasteiger partial charge in [-0.15, -0.1) is 0 Å². The molecule has 1 heterocycles. The van der Waals surface area contributed by atoms with Crippen LogP contribution >= 0.6 is 0 Å². The van der Waals surface area contributed by atoms with Crippen LogP contribution in [-0.4, -0.2) is 15.5 Å². The Balaban J connectivity index is 2.88. The lowest BCUT2D eigenvalue weighted by Crippen LogP contribution is -2.31. The number of nitrogens with zero attached hydrogens (tertiary/aromatic N) is 1. The van der Waals surface area contributed by atoms with Gasteiger partial charge >= 0.3 is 0 Å². The molecule has 0 unspecified atom stereocenters. The molecule has 1 aromatic heterocycles. The number of hydrogen-bond acceptors (Lipinski definition) is 3. The molecule has 0 spiro atoms. The predicted molar refractivity (Wildman–Crippen MR) is 66.8 cm³/mol. The smallest absolute Gasteiger partial charge is 0.252 e. The van der Waals surface area contributed by atoms with Crippen molar-refractivity contribution in [3.05, 3.63) is 22.2 Å². The zero-order chi connectivity index (χ0) is 12.2. The molecule has 16 heavy (non-hydrogen) atoms. The highest BCUT2D eigenvalue weighted by Crippen LogP contribution is 2.16. The van der Waals surface area contributed by atoms with Crippen LogP contribution in [0.1, 0.15) is 46.4 Å². The summed E-state index contributed by atoms with van der Waals surface area (Å²) in [5.74, 6) is 1.39. The van der Waals surface area contributed by atoms with E-state index in [1.807, 2.05) is 6.92 Å². The van der Waals surface area contributed by atoms with Crippen molar-refractivity contribution in [3.8, 4) is 0 Å². The first-order valence-electron chi connectivity index (χ1n) is 5.85. The molecule has 0 fully saturated rings. The minimum absolute atomic E-state index is 0.0272. The van der Waals surface area contributed by atoms with Crippen molar-refractivity contribution in [2.75, 3.05) is 5.32 Å². The van der Waals surface area contributed by atoms with E-state index >= 15 is 0 Å². The maximum atomic E-state index is 11.4. The molecule has 0 aliphatic heterocycles. The van der Waals surface area contributed by atoms with Crippen LogP contribution in [0, 0.1) is 0 Å². The van der Waals surface area contributed by atoms with Crippen molar-refractivity contribution in [3.63, 3.8) is 0 Å². The Morgan fingerprint density at radius 2 is 2.12 bits per heavy atom. The minimum atomic E-state index is -0.0957. The Hall–Kier alpha value is -1.32. The van der Waals surface area contributed by atoms with Crippen molar-refractivity contribution in [2.24, 2.45) is 0 Å². The van der Waals surface area contributed by atoms with Crippen LogP contribution in [0.15, 0.2) is 10.9 Å². The van der Waals surface area contributed by atoms with Gasteiger partial charge < -0.3 is 10.3 Å². The SMILES string of the molecule is CCCC(C)(C)Nc1cc(=O)[nH]c(CC)n1. The lowest BCUT2D eigenvalue weighted by atomic mass is 9.99. The van der Waals surface area contributed by atoms with Crippen molar-refractivity contribution in [1.82, 2.24) is 9.97 Å². The molecule has 1 aromatic rings. The maximum Gasteiger partial charge on any atom is 0.252 e. The molecule has 1 rings (SSSR count). The largest absolute Gasteiger partial charge is 0.365 e. The molecule has 4 heteroatoms. The van der Waals surface area contributed by atoms with E-state index in [2.05, 4.69) is 36.1 Å². The molecule has 0 saturated carbocycles. The number of nitrogens with one attached hydrogen (secondary N) is 2. The summed E-state index contributed by atoms with van der Waals surface area (Å²) in [4.78, 5) is 18.4. The Bertz CT molecular complexity index is 395. The number of H-pyrrole nitrogens is 1. The molecule has 0 aliphatic rings. The molecule has 90 valence electrons. The topological polar surface area (TPSA) is 57.8 Å². The third kappa shape index (κ3) is 3.68. The first-order valence-corrected chi connectivity index (χ1v) is 5.85. The van der Waals surface area contributed by atoms with Gasteiger partial charge in [0.2, 0.25) is 0 Å². The highest BCUT2D eigenvalue weighted by atomic mass is 16.1. The van der Waals surface area contributed by atoms with E-state index in [9.17, 15) is 4.79 Å². The van der Waals surface area contributed by atoms with Gasteiger partial charge in [-0.25, -0.2) is 4.98 Å². The van der Waals surface area contributed by atoms with E-state index in [-0.39, 0.29) is 11.1 Å². The molecule has 0 radical (unpaired) electrons. The summed E-state index contributed by atoms with van der Waals surface area (Å²) in [5.41, 5.74) is -0.123. The van der Waals surface area contributed by atoms with Crippen LogP contribution in [-0.2, 0) is 6.42 Å². The average molecular weight is 223 g/mol. The highest BCUT2D eigenvalue weighted by Gasteiger charge is 2.16. The van der Waals surface area contributed by atoms with E-state index in [0.29, 0.717) is 5.82 Å². The van der Waals surface area contributed by atoms with Gasteiger partial charge in [-0.3, -0.25) is 4.79 Å². The number of hydrogen-bond donors (Lipinski definition) is 2. The normalized spacial score (nSPS) is 11.5. The van der Waals surface area contributed by atoms with Crippen molar-refractivity contribution in [2.45, 2.75) is 52.5 Å². The first kappa shape index (κ1) is 12.7. The number of rotatable bonds is 5. The van der Waals surface area contributed by atoms with Gasteiger partial charge in [0.25, 0.3) is 5.56 Å². The minimum Gasteiger partial charge on any atom is -0.365 e. The van der Waals surface area contributed by atoms with Gasteiger partial charge in [0.05, 0.1) is 0 Å². The van der Waals surface area contributed by atoms with Crippen LogP contribution in [0.3, 0.4) is 0 Å². The zero-order valence-electron chi connectivity index (χ0n) is 10.6. The predicted octanol–water partition coefficient (Wildman–Crippen LogP) is 2.32. The summed E-state index contributed by atoms with van der Waals surface area (Å²) in [6, 6.07) is 1.51. The third-order valence-corrected chi connectivity index (χ3v) is 2.47. The molecule has 0 bridgehead atoms. The molecule has 0 aliphatic carbocycles. The molecular weight excluding hydrogens is 202 g/mol. The van der Waals surface area contributed by atoms with E-state index in [1.54, 1.807) is 0 Å². The lowest BCUT2D eigenvalue weighted by Gasteiger charge is -2.26. The summed E-state index contributed by atoms with van der Waals surface area (Å²) in [7, 11) is 0. The molecule has 0 aromatic carbocycles. The van der Waals surface area contributed by atoms with Crippen LogP contribution in [0.25, 0.3) is 0 Å². The van der Waals surface area contributed by atoms with E-state index in [4.69, 9.17) is 0 Å². The van der Waals surface area contributed by atoms with Crippen molar-refractivity contribution < 1.29 is 0 Å². The Morgan fingerprint density at radius 1 is 1.44 bits per heavy atom. The van der Waals surface area contributed by atoms with E-state index in [0.717, 1.165) is 25.1 Å². The zero-order valence-corrected chi connectivity index (χ0v) is 10.6. The van der Waals surface area contributed by atoms with Gasteiger partial charge in [0, 0.05) is 18.0 Å². The second-order valence-electron chi connectivity index (χ2n) is 4.69. The quantitative estimate of drug-likeness (QED) is 0.805. The first-order chi connectivity index (χ1) is 7.46. The number of aromatic nitrogens is 2. The monoisotopic (exact) mass is 223 g/mol. The van der Waals surface area contributed by atoms with E-state index < -0.39 is 0 Å². The summed E-state index contributed by atoms with van der Waals surface area (Å²) in [5, 5.41) is 3.30.